The van der Waals surface area contributed by atoms with Gasteiger partial charge in [-0.3, -0.25) is 4.98 Å². The molecule has 0 aliphatic heterocycles. The van der Waals surface area contributed by atoms with Crippen LogP contribution in [0.4, 0.5) is 4.39 Å². The molecule has 4 heteroatoms. The van der Waals surface area contributed by atoms with Crippen molar-refractivity contribution in [3.8, 4) is 0 Å². The summed E-state index contributed by atoms with van der Waals surface area (Å²) in [7, 11) is 1.73. The Balaban J connectivity index is 3.00. The zero-order valence-corrected chi connectivity index (χ0v) is 6.82. The van der Waals surface area contributed by atoms with Gasteiger partial charge in [-0.15, -0.1) is 0 Å². The Hall–Kier alpha value is -0.670. The monoisotopic (exact) mass is 174 g/mol. The molecular weight excluding hydrogens is 167 g/mol. The maximum absolute atomic E-state index is 12.9. The Kier molecular flexibility index (Phi) is 2.79. The zero-order chi connectivity index (χ0) is 8.27. The van der Waals surface area contributed by atoms with E-state index in [4.69, 9.17) is 11.6 Å². The normalized spacial score (nSPS) is 10.1. The van der Waals surface area contributed by atoms with Crippen molar-refractivity contribution in [1.82, 2.24) is 10.3 Å². The molecule has 1 aromatic heterocycles. The van der Waals surface area contributed by atoms with Gasteiger partial charge in [0, 0.05) is 18.3 Å². The molecule has 60 valence electrons. The van der Waals surface area contributed by atoms with Crippen LogP contribution in [-0.4, -0.2) is 12.0 Å². The average Bonchev–Trinajstić information content (AvgIpc) is 1.97. The third-order valence-electron chi connectivity index (χ3n) is 1.31. The fourth-order valence-electron chi connectivity index (χ4n) is 0.784. The molecule has 0 radical (unpaired) electrons. The summed E-state index contributed by atoms with van der Waals surface area (Å²) in [6.07, 6.45) is 2.58. The number of aromatic nitrogens is 1. The van der Waals surface area contributed by atoms with Crippen molar-refractivity contribution in [2.24, 2.45) is 0 Å². The van der Waals surface area contributed by atoms with Gasteiger partial charge in [0.2, 0.25) is 0 Å². The molecule has 0 aromatic carbocycles. The summed E-state index contributed by atoms with van der Waals surface area (Å²) in [5.41, 5.74) is 0.462. The SMILES string of the molecule is CNCc1c(F)cncc1Cl. The molecule has 0 atom stereocenters. The van der Waals surface area contributed by atoms with E-state index in [2.05, 4.69) is 10.3 Å². The van der Waals surface area contributed by atoms with Crippen LogP contribution in [0, 0.1) is 5.82 Å². The number of nitrogens with one attached hydrogen (secondary N) is 1. The van der Waals surface area contributed by atoms with Crippen molar-refractivity contribution >= 4 is 11.6 Å². The highest BCUT2D eigenvalue weighted by atomic mass is 35.5. The van der Waals surface area contributed by atoms with Gasteiger partial charge in [-0.2, -0.15) is 0 Å². The standard InChI is InChI=1S/C7H8ClFN2/c1-10-2-5-6(8)3-11-4-7(5)9/h3-4,10H,2H2,1H3. The Morgan fingerprint density at radius 2 is 2.36 bits per heavy atom. The fraction of sp³-hybridized carbons (Fsp3) is 0.286. The van der Waals surface area contributed by atoms with Gasteiger partial charge in [-0.1, -0.05) is 11.6 Å². The highest BCUT2D eigenvalue weighted by Gasteiger charge is 2.04. The van der Waals surface area contributed by atoms with Crippen molar-refractivity contribution in [1.29, 1.82) is 0 Å². The Morgan fingerprint density at radius 3 is 2.91 bits per heavy atom. The first-order valence-electron chi connectivity index (χ1n) is 3.18. The number of hydrogen-bond acceptors (Lipinski definition) is 2. The summed E-state index contributed by atoms with van der Waals surface area (Å²) in [6.45, 7) is 0.424. The van der Waals surface area contributed by atoms with Crippen molar-refractivity contribution in [3.05, 3.63) is 28.8 Å². The molecule has 0 fully saturated rings. The molecule has 0 saturated carbocycles. The lowest BCUT2D eigenvalue weighted by atomic mass is 10.2. The van der Waals surface area contributed by atoms with Crippen LogP contribution in [0.3, 0.4) is 0 Å². The first-order valence-corrected chi connectivity index (χ1v) is 3.56. The molecule has 0 unspecified atom stereocenters. The topological polar surface area (TPSA) is 24.9 Å². The van der Waals surface area contributed by atoms with Gasteiger partial charge in [-0.25, -0.2) is 4.39 Å². The molecular formula is C7H8ClFN2. The van der Waals surface area contributed by atoms with E-state index in [0.717, 1.165) is 6.20 Å². The van der Waals surface area contributed by atoms with Gasteiger partial charge >= 0.3 is 0 Å². The van der Waals surface area contributed by atoms with Crippen LogP contribution in [0.15, 0.2) is 12.4 Å². The van der Waals surface area contributed by atoms with Crippen LogP contribution in [0.5, 0.6) is 0 Å². The first kappa shape index (κ1) is 8.43. The van der Waals surface area contributed by atoms with E-state index in [-0.39, 0.29) is 5.82 Å². The highest BCUT2D eigenvalue weighted by Crippen LogP contribution is 2.16. The van der Waals surface area contributed by atoms with Gasteiger partial charge in [0.25, 0.3) is 0 Å². The Labute approximate surface area is 69.4 Å². The number of rotatable bonds is 2. The molecule has 0 aliphatic carbocycles. The van der Waals surface area contributed by atoms with Gasteiger partial charge < -0.3 is 5.32 Å². The Bertz CT molecular complexity index is 232. The highest BCUT2D eigenvalue weighted by molar-refractivity contribution is 6.31. The quantitative estimate of drug-likeness (QED) is 0.737. The van der Waals surface area contributed by atoms with Crippen LogP contribution >= 0.6 is 11.6 Å². The van der Waals surface area contributed by atoms with Gasteiger partial charge in [0.1, 0.15) is 5.82 Å². The van der Waals surface area contributed by atoms with Crippen molar-refractivity contribution in [2.75, 3.05) is 7.05 Å². The minimum Gasteiger partial charge on any atom is -0.316 e. The van der Waals surface area contributed by atoms with E-state index in [9.17, 15) is 4.39 Å². The van der Waals surface area contributed by atoms with E-state index >= 15 is 0 Å². The summed E-state index contributed by atoms with van der Waals surface area (Å²) < 4.78 is 12.9. The van der Waals surface area contributed by atoms with E-state index < -0.39 is 0 Å². The minimum absolute atomic E-state index is 0.361. The third-order valence-corrected chi connectivity index (χ3v) is 1.63. The van der Waals surface area contributed by atoms with Crippen molar-refractivity contribution < 1.29 is 4.39 Å². The van der Waals surface area contributed by atoms with E-state index in [1.807, 2.05) is 0 Å². The van der Waals surface area contributed by atoms with E-state index in [1.54, 1.807) is 7.05 Å². The molecule has 2 nitrogen and oxygen atoms in total. The molecule has 0 amide bonds. The molecule has 0 saturated heterocycles. The van der Waals surface area contributed by atoms with Crippen LogP contribution in [-0.2, 0) is 6.54 Å². The van der Waals surface area contributed by atoms with Crippen LogP contribution < -0.4 is 5.32 Å². The molecule has 1 aromatic rings. The lowest BCUT2D eigenvalue weighted by Gasteiger charge is -2.02. The maximum atomic E-state index is 12.9. The number of pyridine rings is 1. The van der Waals surface area contributed by atoms with Crippen LogP contribution in [0.25, 0.3) is 0 Å². The molecule has 0 aliphatic rings. The van der Waals surface area contributed by atoms with E-state index in [1.165, 1.54) is 6.20 Å². The molecule has 0 bridgehead atoms. The molecule has 1 N–H and O–H groups in total. The number of nitrogens with zero attached hydrogens (tertiary/aromatic N) is 1. The zero-order valence-electron chi connectivity index (χ0n) is 6.06. The fourth-order valence-corrected chi connectivity index (χ4v) is 0.997. The second kappa shape index (κ2) is 3.64. The predicted octanol–water partition coefficient (Wildman–Crippen LogP) is 1.59. The van der Waals surface area contributed by atoms with E-state index in [0.29, 0.717) is 17.1 Å². The Morgan fingerprint density at radius 1 is 1.64 bits per heavy atom. The van der Waals surface area contributed by atoms with Crippen LogP contribution in [0.1, 0.15) is 5.56 Å². The average molecular weight is 175 g/mol. The first-order chi connectivity index (χ1) is 5.25. The summed E-state index contributed by atoms with van der Waals surface area (Å²) in [4.78, 5) is 3.59. The van der Waals surface area contributed by atoms with Gasteiger partial charge in [0.15, 0.2) is 0 Å². The largest absolute Gasteiger partial charge is 0.316 e. The molecule has 11 heavy (non-hydrogen) atoms. The van der Waals surface area contributed by atoms with Crippen molar-refractivity contribution in [2.45, 2.75) is 6.54 Å². The molecule has 1 heterocycles. The molecule has 1 rings (SSSR count). The minimum atomic E-state index is -0.369. The van der Waals surface area contributed by atoms with Crippen molar-refractivity contribution in [3.63, 3.8) is 0 Å². The summed E-state index contributed by atoms with van der Waals surface area (Å²) in [5.74, 6) is -0.369. The number of hydrogen-bond donors (Lipinski definition) is 1. The van der Waals surface area contributed by atoms with Gasteiger partial charge in [0.05, 0.1) is 11.2 Å². The van der Waals surface area contributed by atoms with Gasteiger partial charge in [-0.05, 0) is 7.05 Å². The summed E-state index contributed by atoms with van der Waals surface area (Å²) in [5, 5.41) is 3.17. The van der Waals surface area contributed by atoms with Crippen LogP contribution in [0.2, 0.25) is 5.02 Å². The third kappa shape index (κ3) is 1.88. The lowest BCUT2D eigenvalue weighted by Crippen LogP contribution is -2.07. The maximum Gasteiger partial charge on any atom is 0.147 e. The number of halogens is 2. The molecule has 0 spiro atoms. The smallest absolute Gasteiger partial charge is 0.147 e. The lowest BCUT2D eigenvalue weighted by molar-refractivity contribution is 0.595. The second-order valence-corrected chi connectivity index (χ2v) is 2.52. The second-order valence-electron chi connectivity index (χ2n) is 2.11. The summed E-state index contributed by atoms with van der Waals surface area (Å²) in [6, 6.07) is 0. The predicted molar refractivity (Wildman–Crippen MR) is 42.0 cm³/mol. The summed E-state index contributed by atoms with van der Waals surface area (Å²) >= 11 is 5.67.